The summed E-state index contributed by atoms with van der Waals surface area (Å²) in [6, 6.07) is 1.66. The number of thioether (sulfide) groups is 1. The van der Waals surface area contributed by atoms with E-state index in [4.69, 9.17) is 28.5 Å². The van der Waals surface area contributed by atoms with Gasteiger partial charge >= 0.3 is 0 Å². The van der Waals surface area contributed by atoms with Crippen molar-refractivity contribution in [3.05, 3.63) is 22.1 Å². The third-order valence-electron chi connectivity index (χ3n) is 4.12. The zero-order valence-corrected chi connectivity index (χ0v) is 15.8. The number of hydrogen-bond acceptors (Lipinski definition) is 5. The standard InChI is InChI=1S/C16H17ClN6O2S/c1-6(24)21-3-4-26-16-7-5-8(15(20)25)22-13-9(7)14(23(16)2)12(19)10(17)11(13)18/h5H,3-4H2,1-2H3,(H6,18,19,20,21,24,25)/p+1. The number of H-pyrrole nitrogens is 1. The fraction of sp³-hybridized carbons (Fsp3) is 0.250. The number of benzene rings is 1. The van der Waals surface area contributed by atoms with Crippen molar-refractivity contribution in [3.8, 4) is 0 Å². The second-order valence-electron chi connectivity index (χ2n) is 5.86. The maximum Gasteiger partial charge on any atom is 0.265 e. The molecule has 0 aliphatic carbocycles. The molecule has 0 radical (unpaired) electrons. The molecule has 0 bridgehead atoms. The number of aromatic amines is 1. The number of hydrogen-bond donors (Lipinski definition) is 5. The monoisotopic (exact) mass is 393 g/mol. The van der Waals surface area contributed by atoms with Gasteiger partial charge < -0.3 is 21.8 Å². The number of nitrogen functional groups attached to an aromatic ring is 1. The molecule has 2 heterocycles. The smallest absolute Gasteiger partial charge is 0.265 e. The van der Waals surface area contributed by atoms with Crippen LogP contribution < -0.4 is 26.7 Å². The lowest BCUT2D eigenvalue weighted by Crippen LogP contribution is -2.30. The van der Waals surface area contributed by atoms with Gasteiger partial charge in [-0.3, -0.25) is 15.0 Å². The van der Waals surface area contributed by atoms with E-state index in [0.29, 0.717) is 29.0 Å². The first-order chi connectivity index (χ1) is 12.2. The van der Waals surface area contributed by atoms with Crippen LogP contribution in [0.4, 0.5) is 5.69 Å². The molecule has 3 aromatic rings. The van der Waals surface area contributed by atoms with Gasteiger partial charge in [-0.1, -0.05) is 23.4 Å². The number of amides is 2. The number of aromatic nitrogens is 2. The molecule has 0 saturated heterocycles. The average Bonchev–Trinajstić information content (AvgIpc) is 2.86. The predicted octanol–water partition coefficient (Wildman–Crippen LogP) is 0.626. The molecule has 0 atom stereocenters. The average molecular weight is 394 g/mol. The molecule has 26 heavy (non-hydrogen) atoms. The van der Waals surface area contributed by atoms with Gasteiger partial charge in [-0.2, -0.15) is 4.57 Å². The molecule has 0 fully saturated rings. The van der Waals surface area contributed by atoms with Crippen molar-refractivity contribution in [3.63, 3.8) is 0 Å². The topological polar surface area (TPSA) is 142 Å². The number of carbonyl (C=O) groups is 2. The Morgan fingerprint density at radius 2 is 2.15 bits per heavy atom. The zero-order valence-electron chi connectivity index (χ0n) is 14.2. The second-order valence-corrected chi connectivity index (χ2v) is 7.32. The number of carbonyl (C=O) groups excluding carboxylic acids is 2. The molecule has 10 heteroatoms. The maximum absolute atomic E-state index is 11.7. The molecule has 7 N–H and O–H groups in total. The SMILES string of the molecule is CC(=O)NCCSc1c2cc(C(N)=O)[nH]c3c(=N)c(Cl)c(N)c(c23)[n+]1C. The largest absolute Gasteiger partial charge is 0.392 e. The highest BCUT2D eigenvalue weighted by Gasteiger charge is 2.29. The molecule has 136 valence electrons. The van der Waals surface area contributed by atoms with Crippen molar-refractivity contribution < 1.29 is 14.2 Å². The van der Waals surface area contributed by atoms with Gasteiger partial charge in [-0.05, 0) is 6.07 Å². The molecule has 0 saturated carbocycles. The second kappa shape index (κ2) is 6.65. The highest BCUT2D eigenvalue weighted by atomic mass is 35.5. The van der Waals surface area contributed by atoms with Crippen LogP contribution in [0.2, 0.25) is 5.02 Å². The molecule has 0 aliphatic heterocycles. The van der Waals surface area contributed by atoms with Crippen molar-refractivity contribution >= 4 is 62.7 Å². The van der Waals surface area contributed by atoms with E-state index in [-0.39, 0.29) is 22.0 Å². The molecule has 0 unspecified atom stereocenters. The van der Waals surface area contributed by atoms with E-state index in [1.165, 1.54) is 18.7 Å². The molecule has 1 aromatic carbocycles. The van der Waals surface area contributed by atoms with Gasteiger partial charge in [0.2, 0.25) is 16.4 Å². The number of anilines is 1. The number of primary amides is 1. The third kappa shape index (κ3) is 2.82. The fourth-order valence-corrected chi connectivity index (χ4v) is 4.17. The first-order valence-corrected chi connectivity index (χ1v) is 9.11. The lowest BCUT2D eigenvalue weighted by atomic mass is 10.1. The highest BCUT2D eigenvalue weighted by Crippen LogP contribution is 2.36. The molecular formula is C16H18ClN6O2S+. The Morgan fingerprint density at radius 3 is 2.77 bits per heavy atom. The summed E-state index contributed by atoms with van der Waals surface area (Å²) in [6.45, 7) is 1.96. The number of nitrogens with one attached hydrogen (secondary N) is 3. The van der Waals surface area contributed by atoms with Gasteiger partial charge in [-0.15, -0.1) is 0 Å². The van der Waals surface area contributed by atoms with E-state index >= 15 is 0 Å². The lowest BCUT2D eigenvalue weighted by Gasteiger charge is -2.04. The Balaban J connectivity index is 2.27. The van der Waals surface area contributed by atoms with Crippen LogP contribution >= 0.6 is 23.4 Å². The van der Waals surface area contributed by atoms with Crippen molar-refractivity contribution in [2.75, 3.05) is 18.0 Å². The van der Waals surface area contributed by atoms with Crippen molar-refractivity contribution in [2.24, 2.45) is 12.8 Å². The van der Waals surface area contributed by atoms with Crippen LogP contribution in [0.5, 0.6) is 0 Å². The third-order valence-corrected chi connectivity index (χ3v) is 5.68. The van der Waals surface area contributed by atoms with E-state index in [1.54, 1.807) is 6.07 Å². The van der Waals surface area contributed by atoms with E-state index in [0.717, 1.165) is 15.8 Å². The van der Waals surface area contributed by atoms with Crippen LogP contribution in [-0.4, -0.2) is 29.1 Å². The summed E-state index contributed by atoms with van der Waals surface area (Å²) in [4.78, 5) is 25.6. The van der Waals surface area contributed by atoms with Gasteiger partial charge in [0.05, 0.1) is 26.7 Å². The molecule has 2 amide bonds. The van der Waals surface area contributed by atoms with E-state index < -0.39 is 5.91 Å². The summed E-state index contributed by atoms with van der Waals surface area (Å²) >= 11 is 7.74. The van der Waals surface area contributed by atoms with E-state index in [9.17, 15) is 9.59 Å². The van der Waals surface area contributed by atoms with Gasteiger partial charge in [0.1, 0.15) is 18.4 Å². The molecule has 0 aliphatic rings. The minimum Gasteiger partial charge on any atom is -0.392 e. The van der Waals surface area contributed by atoms with Crippen LogP contribution in [-0.2, 0) is 11.8 Å². The highest BCUT2D eigenvalue weighted by molar-refractivity contribution is 7.99. The summed E-state index contributed by atoms with van der Waals surface area (Å²) in [5.74, 6) is -0.101. The van der Waals surface area contributed by atoms with Gasteiger partial charge in [-0.25, -0.2) is 0 Å². The number of nitrogens with two attached hydrogens (primary N) is 2. The molecule has 8 nitrogen and oxygen atoms in total. The van der Waals surface area contributed by atoms with E-state index in [1.807, 2.05) is 11.6 Å². The van der Waals surface area contributed by atoms with Gasteiger partial charge in [0.15, 0.2) is 0 Å². The number of rotatable bonds is 5. The Kier molecular flexibility index (Phi) is 4.68. The maximum atomic E-state index is 11.7. The minimum absolute atomic E-state index is 0.0187. The molecule has 3 rings (SSSR count). The summed E-state index contributed by atoms with van der Waals surface area (Å²) in [7, 11) is 1.84. The quantitative estimate of drug-likeness (QED) is 0.187. The van der Waals surface area contributed by atoms with Crippen molar-refractivity contribution in [2.45, 2.75) is 11.9 Å². The van der Waals surface area contributed by atoms with Crippen molar-refractivity contribution in [1.29, 1.82) is 5.41 Å². The van der Waals surface area contributed by atoms with Crippen LogP contribution in [0.15, 0.2) is 11.1 Å². The van der Waals surface area contributed by atoms with Crippen LogP contribution in [0.25, 0.3) is 21.8 Å². The first kappa shape index (κ1) is 18.3. The summed E-state index contributed by atoms with van der Waals surface area (Å²) in [6.07, 6.45) is 0. The lowest BCUT2D eigenvalue weighted by molar-refractivity contribution is -0.678. The molecule has 0 spiro atoms. The normalized spacial score (nSPS) is 11.3. The summed E-state index contributed by atoms with van der Waals surface area (Å²) in [5.41, 5.74) is 13.2. The first-order valence-electron chi connectivity index (χ1n) is 7.74. The zero-order chi connectivity index (χ0) is 19.2. The molecule has 2 aromatic heterocycles. The molecular weight excluding hydrogens is 376 g/mol. The summed E-state index contributed by atoms with van der Waals surface area (Å²) in [5, 5.41) is 13.5. The number of nitrogens with zero attached hydrogens (tertiary/aromatic N) is 1. The number of halogens is 1. The predicted molar refractivity (Wildman–Crippen MR) is 101 cm³/mol. The number of pyridine rings is 1. The fourth-order valence-electron chi connectivity index (χ4n) is 2.98. The van der Waals surface area contributed by atoms with Gasteiger partial charge in [0, 0.05) is 19.2 Å². The van der Waals surface area contributed by atoms with Crippen LogP contribution in [0.3, 0.4) is 0 Å². The minimum atomic E-state index is -0.630. The van der Waals surface area contributed by atoms with Gasteiger partial charge in [0.25, 0.3) is 5.91 Å². The van der Waals surface area contributed by atoms with E-state index in [2.05, 4.69) is 10.3 Å². The Morgan fingerprint density at radius 1 is 1.46 bits per heavy atom. The number of aryl methyl sites for hydroxylation is 1. The van der Waals surface area contributed by atoms with Crippen LogP contribution in [0.1, 0.15) is 17.4 Å². The van der Waals surface area contributed by atoms with Crippen LogP contribution in [0, 0.1) is 5.41 Å². The Bertz CT molecular complexity index is 1110. The Hall–Kier alpha value is -2.52. The Labute approximate surface area is 157 Å². The summed E-state index contributed by atoms with van der Waals surface area (Å²) < 4.78 is 1.88. The van der Waals surface area contributed by atoms with Crippen molar-refractivity contribution in [1.82, 2.24) is 10.3 Å².